The summed E-state index contributed by atoms with van der Waals surface area (Å²) < 4.78 is 2.03. The third-order valence-electron chi connectivity index (χ3n) is 6.69. The second kappa shape index (κ2) is 6.84. The Hall–Kier alpha value is -2.05. The van der Waals surface area contributed by atoms with Gasteiger partial charge in [0.15, 0.2) is 0 Å². The van der Waals surface area contributed by atoms with Crippen molar-refractivity contribution in [2.45, 2.75) is 37.8 Å². The summed E-state index contributed by atoms with van der Waals surface area (Å²) in [7, 11) is 2.22. The van der Waals surface area contributed by atoms with Crippen molar-refractivity contribution >= 4 is 0 Å². The minimum atomic E-state index is 0.132. The molecule has 0 aliphatic carbocycles. The van der Waals surface area contributed by atoms with Crippen molar-refractivity contribution in [3.05, 3.63) is 46.9 Å². The Labute approximate surface area is 159 Å². The second-order valence-corrected chi connectivity index (χ2v) is 8.50. The third-order valence-corrected chi connectivity index (χ3v) is 6.69. The van der Waals surface area contributed by atoms with Gasteiger partial charge in [0.25, 0.3) is 5.56 Å². The van der Waals surface area contributed by atoms with Gasteiger partial charge in [0.1, 0.15) is 6.33 Å². The average molecular weight is 365 g/mol. The molecule has 27 heavy (non-hydrogen) atoms. The van der Waals surface area contributed by atoms with Crippen LogP contribution in [-0.4, -0.2) is 63.6 Å². The van der Waals surface area contributed by atoms with Crippen LogP contribution in [0.25, 0.3) is 11.1 Å². The van der Waals surface area contributed by atoms with E-state index >= 15 is 0 Å². The van der Waals surface area contributed by atoms with Crippen LogP contribution in [0.4, 0.5) is 0 Å². The standard InChI is InChI=1S/C21H27N5O/c1-24-6-4-18(5-7-24)25-11-15-8-16(13-25)21-19(17-9-22-14-23-10-17)2-3-20(27)26(21)12-15/h2-3,9-10,14-16,18H,4-8,11-13H2,1H3. The highest BCUT2D eigenvalue weighted by Crippen LogP contribution is 2.40. The van der Waals surface area contributed by atoms with Gasteiger partial charge >= 0.3 is 0 Å². The lowest BCUT2D eigenvalue weighted by molar-refractivity contribution is 0.0519. The molecule has 3 aliphatic heterocycles. The lowest BCUT2D eigenvalue weighted by atomic mass is 9.80. The SMILES string of the molecule is CN1CCC(N2CC3CC(C2)c2c(-c4cncnc4)ccc(=O)n2C3)CC1. The van der Waals surface area contributed by atoms with Crippen molar-refractivity contribution in [3.63, 3.8) is 0 Å². The van der Waals surface area contributed by atoms with Gasteiger partial charge in [0.05, 0.1) is 0 Å². The Bertz CT molecular complexity index is 872. The summed E-state index contributed by atoms with van der Waals surface area (Å²) in [6, 6.07) is 4.38. The van der Waals surface area contributed by atoms with E-state index in [2.05, 4.69) is 26.8 Å². The summed E-state index contributed by atoms with van der Waals surface area (Å²) in [6.07, 6.45) is 8.99. The second-order valence-electron chi connectivity index (χ2n) is 8.50. The van der Waals surface area contributed by atoms with Gasteiger partial charge in [-0.1, -0.05) is 0 Å². The maximum atomic E-state index is 12.6. The first kappa shape index (κ1) is 17.1. The molecule has 0 radical (unpaired) electrons. The smallest absolute Gasteiger partial charge is 0.250 e. The molecule has 2 fully saturated rings. The van der Waals surface area contributed by atoms with Crippen molar-refractivity contribution in [2.24, 2.45) is 5.92 Å². The van der Waals surface area contributed by atoms with Crippen LogP contribution < -0.4 is 5.56 Å². The Morgan fingerprint density at radius 1 is 1.04 bits per heavy atom. The van der Waals surface area contributed by atoms with Crippen LogP contribution in [0, 0.1) is 5.92 Å². The van der Waals surface area contributed by atoms with Crippen molar-refractivity contribution in [3.8, 4) is 11.1 Å². The summed E-state index contributed by atoms with van der Waals surface area (Å²) in [6.45, 7) is 5.43. The van der Waals surface area contributed by atoms with E-state index in [0.29, 0.717) is 17.9 Å². The van der Waals surface area contributed by atoms with E-state index in [1.807, 2.05) is 23.0 Å². The Morgan fingerprint density at radius 2 is 1.81 bits per heavy atom. The molecule has 6 nitrogen and oxygen atoms in total. The molecule has 2 aromatic rings. The molecular weight excluding hydrogens is 338 g/mol. The lowest BCUT2D eigenvalue weighted by Crippen LogP contribution is -2.53. The molecule has 2 atom stereocenters. The van der Waals surface area contributed by atoms with Gasteiger partial charge in [0.2, 0.25) is 0 Å². The molecule has 142 valence electrons. The van der Waals surface area contributed by atoms with E-state index in [1.54, 1.807) is 12.4 Å². The number of nitrogens with zero attached hydrogens (tertiary/aromatic N) is 5. The molecule has 2 unspecified atom stereocenters. The molecule has 2 aromatic heterocycles. The molecule has 0 N–H and O–H groups in total. The van der Waals surface area contributed by atoms with Gasteiger partial charge in [-0.3, -0.25) is 9.69 Å². The van der Waals surface area contributed by atoms with E-state index in [-0.39, 0.29) is 5.56 Å². The normalized spacial score (nSPS) is 26.7. The minimum absolute atomic E-state index is 0.132. The Balaban J connectivity index is 1.50. The first-order chi connectivity index (χ1) is 13.2. The van der Waals surface area contributed by atoms with Gasteiger partial charge in [-0.2, -0.15) is 0 Å². The van der Waals surface area contributed by atoms with Gasteiger partial charge in [-0.05, 0) is 51.4 Å². The molecule has 6 heteroatoms. The number of hydrogen-bond donors (Lipinski definition) is 0. The molecule has 5 rings (SSSR count). The number of piperidine rings is 2. The molecule has 3 aliphatic rings. The van der Waals surface area contributed by atoms with Gasteiger partial charge < -0.3 is 9.47 Å². The summed E-state index contributed by atoms with van der Waals surface area (Å²) in [5, 5.41) is 0. The number of aromatic nitrogens is 3. The first-order valence-electron chi connectivity index (χ1n) is 10.1. The molecule has 0 aromatic carbocycles. The van der Waals surface area contributed by atoms with Gasteiger partial charge in [-0.15, -0.1) is 0 Å². The fraction of sp³-hybridized carbons (Fsp3) is 0.571. The summed E-state index contributed by atoms with van der Waals surface area (Å²) in [5.74, 6) is 0.997. The molecule has 5 heterocycles. The van der Waals surface area contributed by atoms with E-state index < -0.39 is 0 Å². The van der Waals surface area contributed by atoms with Gasteiger partial charge in [-0.25, -0.2) is 9.97 Å². The number of likely N-dealkylation sites (tertiary alicyclic amines) is 2. The molecule has 0 saturated carbocycles. The summed E-state index contributed by atoms with van der Waals surface area (Å²) in [4.78, 5) is 26.2. The van der Waals surface area contributed by atoms with Crippen molar-refractivity contribution in [2.75, 3.05) is 33.2 Å². The van der Waals surface area contributed by atoms with E-state index in [0.717, 1.165) is 30.8 Å². The highest BCUT2D eigenvalue weighted by atomic mass is 16.1. The molecule has 0 amide bonds. The maximum absolute atomic E-state index is 12.6. The summed E-state index contributed by atoms with van der Waals surface area (Å²) in [5.41, 5.74) is 3.47. The minimum Gasteiger partial charge on any atom is -0.311 e. The largest absolute Gasteiger partial charge is 0.311 e. The maximum Gasteiger partial charge on any atom is 0.250 e. The number of rotatable bonds is 2. The van der Waals surface area contributed by atoms with Crippen LogP contribution in [0.15, 0.2) is 35.6 Å². The van der Waals surface area contributed by atoms with E-state index in [4.69, 9.17) is 0 Å². The number of pyridine rings is 1. The fourth-order valence-corrected chi connectivity index (χ4v) is 5.39. The predicted octanol–water partition coefficient (Wildman–Crippen LogP) is 1.82. The van der Waals surface area contributed by atoms with Crippen LogP contribution in [0.1, 0.15) is 30.9 Å². The first-order valence-corrected chi connectivity index (χ1v) is 10.1. The zero-order valence-corrected chi connectivity index (χ0v) is 15.9. The summed E-state index contributed by atoms with van der Waals surface area (Å²) >= 11 is 0. The molecule has 0 spiro atoms. The van der Waals surface area contributed by atoms with Crippen LogP contribution in [0.2, 0.25) is 0 Å². The van der Waals surface area contributed by atoms with Crippen LogP contribution >= 0.6 is 0 Å². The molecular formula is C21H27N5O. The third kappa shape index (κ3) is 3.11. The van der Waals surface area contributed by atoms with Crippen LogP contribution in [0.3, 0.4) is 0 Å². The topological polar surface area (TPSA) is 54.3 Å². The lowest BCUT2D eigenvalue weighted by Gasteiger charge is -2.47. The Kier molecular flexibility index (Phi) is 4.32. The van der Waals surface area contributed by atoms with Crippen LogP contribution in [-0.2, 0) is 6.54 Å². The zero-order valence-electron chi connectivity index (χ0n) is 15.9. The molecule has 2 bridgehead atoms. The fourth-order valence-electron chi connectivity index (χ4n) is 5.39. The monoisotopic (exact) mass is 365 g/mol. The molecule has 2 saturated heterocycles. The van der Waals surface area contributed by atoms with E-state index in [9.17, 15) is 4.79 Å². The Morgan fingerprint density at radius 3 is 2.59 bits per heavy atom. The van der Waals surface area contributed by atoms with Gasteiger partial charge in [0, 0.05) is 66.9 Å². The van der Waals surface area contributed by atoms with Crippen molar-refractivity contribution in [1.82, 2.24) is 24.3 Å². The quantitative estimate of drug-likeness (QED) is 0.813. The van der Waals surface area contributed by atoms with E-state index in [1.165, 1.54) is 38.0 Å². The van der Waals surface area contributed by atoms with Crippen LogP contribution in [0.5, 0.6) is 0 Å². The highest BCUT2D eigenvalue weighted by molar-refractivity contribution is 5.65. The average Bonchev–Trinajstić information content (AvgIpc) is 2.70. The van der Waals surface area contributed by atoms with Crippen molar-refractivity contribution in [1.29, 1.82) is 0 Å². The zero-order chi connectivity index (χ0) is 18.4. The highest BCUT2D eigenvalue weighted by Gasteiger charge is 2.38. The number of fused-ring (bicyclic) bond motifs is 4. The predicted molar refractivity (Wildman–Crippen MR) is 105 cm³/mol. The van der Waals surface area contributed by atoms with Crippen molar-refractivity contribution < 1.29 is 0 Å². The number of hydrogen-bond acceptors (Lipinski definition) is 5.